The molecule has 1 atom stereocenters. The van der Waals surface area contributed by atoms with Gasteiger partial charge in [0.15, 0.2) is 0 Å². The molecule has 1 amide bonds. The summed E-state index contributed by atoms with van der Waals surface area (Å²) >= 11 is 0. The summed E-state index contributed by atoms with van der Waals surface area (Å²) in [6, 6.07) is 15.9. The van der Waals surface area contributed by atoms with Crippen LogP contribution in [0, 0.1) is 0 Å². The average Bonchev–Trinajstić information content (AvgIpc) is 3.09. The Bertz CT molecular complexity index is 1300. The lowest BCUT2D eigenvalue weighted by molar-refractivity contribution is -0.140. The van der Waals surface area contributed by atoms with E-state index in [1.807, 2.05) is 11.9 Å². The Morgan fingerprint density at radius 2 is 1.97 bits per heavy atom. The van der Waals surface area contributed by atoms with Gasteiger partial charge in [-0.25, -0.2) is 0 Å². The highest BCUT2D eigenvalue weighted by Crippen LogP contribution is 2.42. The number of hydrogen-bond acceptors (Lipinski definition) is 7. The minimum Gasteiger partial charge on any atom is -0.508 e. The van der Waals surface area contributed by atoms with Crippen LogP contribution in [0.3, 0.4) is 0 Å². The molecule has 8 heteroatoms. The number of benzene rings is 2. The third-order valence-corrected chi connectivity index (χ3v) is 6.11. The number of phenolic OH excluding ortho intramolecular Hbond substituents is 1. The van der Waals surface area contributed by atoms with Crippen LogP contribution in [-0.2, 0) is 16.1 Å². The molecule has 0 spiro atoms. The largest absolute Gasteiger partial charge is 0.508 e. The summed E-state index contributed by atoms with van der Waals surface area (Å²) in [4.78, 5) is 34.0. The standard InChI is InChI=1S/C26H23N3O5/c1-28-11-12-34-21-9-8-17(14-20(21)28)24(31)22-23(16-5-4-7-19(30)13-16)29(26(33)25(22)32)15-18-6-2-3-10-27-18/h2-10,13-14,23,30-31H,11-12,15H2,1H3/b24-22-. The first kappa shape index (κ1) is 21.5. The maximum absolute atomic E-state index is 13.2. The molecule has 1 unspecified atom stereocenters. The molecule has 3 heterocycles. The fourth-order valence-corrected chi connectivity index (χ4v) is 4.40. The lowest BCUT2D eigenvalue weighted by Gasteiger charge is -2.28. The van der Waals surface area contributed by atoms with Gasteiger partial charge in [-0.05, 0) is 48.0 Å². The van der Waals surface area contributed by atoms with Gasteiger partial charge in [0.05, 0.1) is 36.1 Å². The fraction of sp³-hybridized carbons (Fsp3) is 0.192. The summed E-state index contributed by atoms with van der Waals surface area (Å²) in [5.74, 6) is -1.13. The molecule has 3 aromatic rings. The van der Waals surface area contributed by atoms with E-state index in [2.05, 4.69) is 4.98 Å². The van der Waals surface area contributed by atoms with E-state index in [0.717, 1.165) is 5.69 Å². The molecule has 1 aromatic heterocycles. The van der Waals surface area contributed by atoms with Crippen molar-refractivity contribution < 1.29 is 24.5 Å². The number of likely N-dealkylation sites (N-methyl/N-ethyl adjacent to an activating group) is 1. The SMILES string of the molecule is CN1CCOc2ccc(/C(O)=C3/C(=O)C(=O)N(Cc4ccccn4)C3c3cccc(O)c3)cc21. The molecular weight excluding hydrogens is 434 g/mol. The van der Waals surface area contributed by atoms with Gasteiger partial charge < -0.3 is 24.7 Å². The van der Waals surface area contributed by atoms with E-state index in [1.165, 1.54) is 17.0 Å². The smallest absolute Gasteiger partial charge is 0.296 e. The number of likely N-dealkylation sites (tertiary alicyclic amines) is 1. The van der Waals surface area contributed by atoms with Crippen LogP contribution in [0.25, 0.3) is 5.76 Å². The number of aliphatic hydroxyl groups excluding tert-OH is 1. The molecule has 2 N–H and O–H groups in total. The highest BCUT2D eigenvalue weighted by molar-refractivity contribution is 6.46. The van der Waals surface area contributed by atoms with E-state index < -0.39 is 17.7 Å². The zero-order chi connectivity index (χ0) is 23.8. The first-order chi connectivity index (χ1) is 16.4. The molecule has 2 aliphatic rings. The fourth-order valence-electron chi connectivity index (χ4n) is 4.40. The molecule has 34 heavy (non-hydrogen) atoms. The van der Waals surface area contributed by atoms with Crippen molar-refractivity contribution in [2.24, 2.45) is 0 Å². The predicted molar refractivity (Wildman–Crippen MR) is 125 cm³/mol. The molecule has 0 radical (unpaired) electrons. The number of rotatable bonds is 4. The van der Waals surface area contributed by atoms with Crippen LogP contribution in [0.15, 0.2) is 72.4 Å². The summed E-state index contributed by atoms with van der Waals surface area (Å²) in [6.07, 6.45) is 1.61. The van der Waals surface area contributed by atoms with E-state index in [-0.39, 0.29) is 23.6 Å². The summed E-state index contributed by atoms with van der Waals surface area (Å²) in [7, 11) is 1.92. The third kappa shape index (κ3) is 3.73. The molecule has 0 aliphatic carbocycles. The monoisotopic (exact) mass is 457 g/mol. The second-order valence-corrected chi connectivity index (χ2v) is 8.30. The van der Waals surface area contributed by atoms with Crippen LogP contribution in [0.2, 0.25) is 0 Å². The second-order valence-electron chi connectivity index (χ2n) is 8.30. The zero-order valence-corrected chi connectivity index (χ0v) is 18.5. The molecule has 8 nitrogen and oxygen atoms in total. The number of carbonyl (C=O) groups excluding carboxylic acids is 2. The van der Waals surface area contributed by atoms with Crippen molar-refractivity contribution in [3.05, 3.63) is 89.3 Å². The number of ketones is 1. The highest BCUT2D eigenvalue weighted by Gasteiger charge is 2.46. The van der Waals surface area contributed by atoms with Gasteiger partial charge in [-0.1, -0.05) is 18.2 Å². The first-order valence-corrected chi connectivity index (χ1v) is 10.9. The number of anilines is 1. The molecule has 1 fully saturated rings. The summed E-state index contributed by atoms with van der Waals surface area (Å²) in [5, 5.41) is 21.4. The average molecular weight is 457 g/mol. The van der Waals surface area contributed by atoms with Crippen molar-refractivity contribution in [1.29, 1.82) is 0 Å². The summed E-state index contributed by atoms with van der Waals surface area (Å²) in [5.41, 5.74) is 2.26. The van der Waals surface area contributed by atoms with Crippen molar-refractivity contribution in [3.63, 3.8) is 0 Å². The van der Waals surface area contributed by atoms with Crippen molar-refractivity contribution >= 4 is 23.1 Å². The quantitative estimate of drug-likeness (QED) is 0.352. The first-order valence-electron chi connectivity index (χ1n) is 10.9. The van der Waals surface area contributed by atoms with Crippen molar-refractivity contribution in [1.82, 2.24) is 9.88 Å². The van der Waals surface area contributed by atoms with Crippen LogP contribution < -0.4 is 9.64 Å². The Labute approximate surface area is 196 Å². The lowest BCUT2D eigenvalue weighted by atomic mass is 9.94. The molecule has 2 aromatic carbocycles. The Hall–Kier alpha value is -4.33. The number of Topliss-reactive ketones (excluding diaryl/α,β-unsaturated/α-hetero) is 1. The van der Waals surface area contributed by atoms with Crippen LogP contribution in [0.5, 0.6) is 11.5 Å². The highest BCUT2D eigenvalue weighted by atomic mass is 16.5. The number of ether oxygens (including phenoxy) is 1. The molecular formula is C26H23N3O5. The molecule has 0 bridgehead atoms. The Morgan fingerprint density at radius 1 is 1.12 bits per heavy atom. The minimum atomic E-state index is -0.890. The minimum absolute atomic E-state index is 0.00604. The van der Waals surface area contributed by atoms with Gasteiger partial charge in [-0.3, -0.25) is 14.6 Å². The van der Waals surface area contributed by atoms with Crippen LogP contribution >= 0.6 is 0 Å². The van der Waals surface area contributed by atoms with Gasteiger partial charge in [0.25, 0.3) is 11.7 Å². The Kier molecular flexibility index (Phi) is 5.41. The lowest BCUT2D eigenvalue weighted by Crippen LogP contribution is -2.29. The van der Waals surface area contributed by atoms with E-state index in [9.17, 15) is 19.8 Å². The van der Waals surface area contributed by atoms with Gasteiger partial charge >= 0.3 is 0 Å². The van der Waals surface area contributed by atoms with E-state index >= 15 is 0 Å². The molecule has 0 saturated carbocycles. The van der Waals surface area contributed by atoms with Crippen LogP contribution in [0.4, 0.5) is 5.69 Å². The topological polar surface area (TPSA) is 103 Å². The number of fused-ring (bicyclic) bond motifs is 1. The summed E-state index contributed by atoms with van der Waals surface area (Å²) in [6.45, 7) is 1.32. The second kappa shape index (κ2) is 8.55. The predicted octanol–water partition coefficient (Wildman–Crippen LogP) is 3.24. The number of carbonyl (C=O) groups is 2. The van der Waals surface area contributed by atoms with Crippen LogP contribution in [0.1, 0.15) is 22.9 Å². The number of amides is 1. The van der Waals surface area contributed by atoms with Gasteiger partial charge in [0, 0.05) is 18.8 Å². The maximum atomic E-state index is 13.2. The molecule has 5 rings (SSSR count). The number of aromatic hydroxyl groups is 1. The summed E-state index contributed by atoms with van der Waals surface area (Å²) < 4.78 is 5.68. The van der Waals surface area contributed by atoms with Crippen molar-refractivity contribution in [2.45, 2.75) is 12.6 Å². The number of nitrogens with zero attached hydrogens (tertiary/aromatic N) is 3. The van der Waals surface area contributed by atoms with Gasteiger partial charge in [0.2, 0.25) is 0 Å². The van der Waals surface area contributed by atoms with Crippen LogP contribution in [-0.4, -0.2) is 52.0 Å². The third-order valence-electron chi connectivity index (χ3n) is 6.11. The molecule has 172 valence electrons. The van der Waals surface area contributed by atoms with Crippen molar-refractivity contribution in [3.8, 4) is 11.5 Å². The van der Waals surface area contributed by atoms with E-state index in [0.29, 0.717) is 35.7 Å². The Morgan fingerprint density at radius 3 is 2.74 bits per heavy atom. The van der Waals surface area contributed by atoms with Gasteiger partial charge in [-0.2, -0.15) is 0 Å². The number of aliphatic hydroxyl groups is 1. The van der Waals surface area contributed by atoms with Gasteiger partial charge in [-0.15, -0.1) is 0 Å². The Balaban J connectivity index is 1.65. The van der Waals surface area contributed by atoms with Crippen molar-refractivity contribution in [2.75, 3.05) is 25.1 Å². The zero-order valence-electron chi connectivity index (χ0n) is 18.5. The van der Waals surface area contributed by atoms with Gasteiger partial charge in [0.1, 0.15) is 23.9 Å². The number of pyridine rings is 1. The maximum Gasteiger partial charge on any atom is 0.296 e. The van der Waals surface area contributed by atoms with E-state index in [4.69, 9.17) is 4.74 Å². The van der Waals surface area contributed by atoms with E-state index in [1.54, 1.807) is 54.7 Å². The number of hydrogen-bond donors (Lipinski definition) is 2. The molecule has 2 aliphatic heterocycles. The number of phenols is 1. The number of aromatic nitrogens is 1. The normalized spacial score (nSPS) is 19.1. The molecule has 1 saturated heterocycles.